The lowest BCUT2D eigenvalue weighted by atomic mass is 10.0. The average molecular weight is 481 g/mol. The molecule has 1 fully saturated rings. The lowest BCUT2D eigenvalue weighted by molar-refractivity contribution is 0.102. The van der Waals surface area contributed by atoms with E-state index in [-0.39, 0.29) is 5.91 Å². The Kier molecular flexibility index (Phi) is 7.19. The first-order valence-electron chi connectivity index (χ1n) is 11.2. The average Bonchev–Trinajstić information content (AvgIpc) is 2.89. The maximum atomic E-state index is 12.9. The van der Waals surface area contributed by atoms with Gasteiger partial charge in [0, 0.05) is 24.7 Å². The topological polar surface area (TPSA) is 84.9 Å². The van der Waals surface area contributed by atoms with Gasteiger partial charge in [-0.05, 0) is 60.4 Å². The third-order valence-electron chi connectivity index (χ3n) is 5.92. The normalized spacial score (nSPS) is 14.4. The van der Waals surface area contributed by atoms with Crippen LogP contribution < -0.4 is 14.8 Å². The van der Waals surface area contributed by atoms with Crippen LogP contribution in [0, 0.1) is 0 Å². The predicted octanol–water partition coefficient (Wildman–Crippen LogP) is 4.80. The molecule has 1 aliphatic heterocycles. The second-order valence-corrected chi connectivity index (χ2v) is 10.0. The summed E-state index contributed by atoms with van der Waals surface area (Å²) in [5, 5.41) is 2.87. The lowest BCUT2D eigenvalue weighted by Crippen LogP contribution is -2.35. The Bertz CT molecular complexity index is 1270. The fraction of sp³-hybridized carbons (Fsp3) is 0.269. The van der Waals surface area contributed by atoms with Crippen LogP contribution in [0.4, 0.5) is 5.69 Å². The van der Waals surface area contributed by atoms with Gasteiger partial charge in [0.05, 0.1) is 24.8 Å². The maximum Gasteiger partial charge on any atom is 0.255 e. The third kappa shape index (κ3) is 5.08. The number of nitrogens with one attached hydrogen (secondary N) is 1. The number of ether oxygens (including phenoxy) is 2. The van der Waals surface area contributed by atoms with Gasteiger partial charge < -0.3 is 14.8 Å². The fourth-order valence-corrected chi connectivity index (χ4v) is 5.53. The van der Waals surface area contributed by atoms with Crippen LogP contribution in [0.3, 0.4) is 0 Å². The van der Waals surface area contributed by atoms with Crippen LogP contribution in [0.1, 0.15) is 29.6 Å². The molecule has 3 aromatic carbocycles. The van der Waals surface area contributed by atoms with Crippen LogP contribution in [0.2, 0.25) is 0 Å². The molecule has 7 nitrogen and oxygen atoms in total. The molecule has 0 bridgehead atoms. The molecule has 0 radical (unpaired) electrons. The van der Waals surface area contributed by atoms with E-state index in [1.54, 1.807) is 72.1 Å². The second-order valence-electron chi connectivity index (χ2n) is 8.09. The molecule has 0 unspecified atom stereocenters. The summed E-state index contributed by atoms with van der Waals surface area (Å²) >= 11 is 0. The van der Waals surface area contributed by atoms with Crippen molar-refractivity contribution < 1.29 is 22.7 Å². The van der Waals surface area contributed by atoms with Crippen LogP contribution in [-0.4, -0.2) is 45.9 Å². The molecule has 1 aliphatic rings. The Hall–Kier alpha value is -3.36. The van der Waals surface area contributed by atoms with E-state index in [0.29, 0.717) is 40.7 Å². The molecule has 1 heterocycles. The Morgan fingerprint density at radius 2 is 1.59 bits per heavy atom. The van der Waals surface area contributed by atoms with Gasteiger partial charge in [-0.1, -0.05) is 30.7 Å². The highest BCUT2D eigenvalue weighted by Gasteiger charge is 2.25. The molecule has 178 valence electrons. The summed E-state index contributed by atoms with van der Waals surface area (Å²) in [5.74, 6) is 0.839. The minimum absolute atomic E-state index is 0.283. The molecule has 0 spiro atoms. The third-order valence-corrected chi connectivity index (χ3v) is 7.83. The summed E-state index contributed by atoms with van der Waals surface area (Å²) in [7, 11) is -0.389. The molecule has 0 aliphatic carbocycles. The zero-order valence-corrected chi connectivity index (χ0v) is 20.1. The monoisotopic (exact) mass is 480 g/mol. The number of carbonyl (C=O) groups is 1. The molecule has 1 saturated heterocycles. The van der Waals surface area contributed by atoms with Crippen molar-refractivity contribution in [3.8, 4) is 22.6 Å². The summed E-state index contributed by atoms with van der Waals surface area (Å²) in [6.07, 6.45) is 2.86. The maximum absolute atomic E-state index is 12.9. The Balaban J connectivity index is 1.53. The summed E-state index contributed by atoms with van der Waals surface area (Å²) in [5.41, 5.74) is 2.65. The highest BCUT2D eigenvalue weighted by Crippen LogP contribution is 2.30. The standard InChI is InChI=1S/C26H28N2O5S/c1-32-22-11-14-24(25(18-22)33-2)27-26(29)21-8-6-7-20(17-21)19-9-12-23(13-10-19)34(30,31)28-15-4-3-5-16-28/h6-14,17-18H,3-5,15-16H2,1-2H3,(H,27,29). The smallest absolute Gasteiger partial charge is 0.255 e. The Morgan fingerprint density at radius 1 is 0.853 bits per heavy atom. The van der Waals surface area contributed by atoms with E-state index in [1.165, 1.54) is 7.11 Å². The van der Waals surface area contributed by atoms with Gasteiger partial charge in [0.15, 0.2) is 0 Å². The first-order valence-corrected chi connectivity index (χ1v) is 12.6. The molecular weight excluding hydrogens is 452 g/mol. The lowest BCUT2D eigenvalue weighted by Gasteiger charge is -2.25. The number of piperidine rings is 1. The van der Waals surface area contributed by atoms with Crippen molar-refractivity contribution in [3.63, 3.8) is 0 Å². The molecule has 1 amide bonds. The minimum Gasteiger partial charge on any atom is -0.497 e. The molecule has 1 N–H and O–H groups in total. The van der Waals surface area contributed by atoms with E-state index in [4.69, 9.17) is 9.47 Å². The van der Waals surface area contributed by atoms with Crippen LogP contribution in [0.25, 0.3) is 11.1 Å². The van der Waals surface area contributed by atoms with Crippen molar-refractivity contribution in [2.75, 3.05) is 32.6 Å². The van der Waals surface area contributed by atoms with Gasteiger partial charge in [0.2, 0.25) is 10.0 Å². The summed E-state index contributed by atoms with van der Waals surface area (Å²) in [6, 6.07) is 19.2. The van der Waals surface area contributed by atoms with Crippen molar-refractivity contribution in [1.29, 1.82) is 0 Å². The minimum atomic E-state index is -3.48. The van der Waals surface area contributed by atoms with E-state index in [2.05, 4.69) is 5.32 Å². The van der Waals surface area contributed by atoms with Gasteiger partial charge in [0.25, 0.3) is 5.91 Å². The van der Waals surface area contributed by atoms with Crippen molar-refractivity contribution in [2.45, 2.75) is 24.2 Å². The van der Waals surface area contributed by atoms with E-state index < -0.39 is 10.0 Å². The Labute approximate surface area is 200 Å². The number of nitrogens with zero attached hydrogens (tertiary/aromatic N) is 1. The SMILES string of the molecule is COc1ccc(NC(=O)c2cccc(-c3ccc(S(=O)(=O)N4CCCCC4)cc3)c2)c(OC)c1. The summed E-state index contributed by atoms with van der Waals surface area (Å²) in [4.78, 5) is 13.2. The largest absolute Gasteiger partial charge is 0.497 e. The number of sulfonamides is 1. The number of anilines is 1. The van der Waals surface area contributed by atoms with Crippen LogP contribution in [0.15, 0.2) is 71.6 Å². The van der Waals surface area contributed by atoms with Gasteiger partial charge in [-0.15, -0.1) is 0 Å². The number of hydrogen-bond acceptors (Lipinski definition) is 5. The molecule has 34 heavy (non-hydrogen) atoms. The number of carbonyl (C=O) groups excluding carboxylic acids is 1. The molecule has 0 aromatic heterocycles. The number of hydrogen-bond donors (Lipinski definition) is 1. The van der Waals surface area contributed by atoms with Gasteiger partial charge in [-0.25, -0.2) is 8.42 Å². The van der Waals surface area contributed by atoms with E-state index in [0.717, 1.165) is 30.4 Å². The number of methoxy groups -OCH3 is 2. The molecule has 3 aromatic rings. The van der Waals surface area contributed by atoms with Crippen LogP contribution >= 0.6 is 0 Å². The highest BCUT2D eigenvalue weighted by atomic mass is 32.2. The predicted molar refractivity (Wildman–Crippen MR) is 132 cm³/mol. The summed E-state index contributed by atoms with van der Waals surface area (Å²) in [6.45, 7) is 1.14. The molecule has 0 atom stereocenters. The van der Waals surface area contributed by atoms with E-state index >= 15 is 0 Å². The van der Waals surface area contributed by atoms with Gasteiger partial charge in [-0.3, -0.25) is 4.79 Å². The fourth-order valence-electron chi connectivity index (χ4n) is 4.01. The number of rotatable bonds is 7. The number of benzene rings is 3. The van der Waals surface area contributed by atoms with Crippen LogP contribution in [-0.2, 0) is 10.0 Å². The summed E-state index contributed by atoms with van der Waals surface area (Å²) < 4.78 is 37.9. The molecule has 8 heteroatoms. The van der Waals surface area contributed by atoms with E-state index in [1.807, 2.05) is 6.07 Å². The molecule has 4 rings (SSSR count). The quantitative estimate of drug-likeness (QED) is 0.525. The van der Waals surface area contributed by atoms with Gasteiger partial charge in [0.1, 0.15) is 11.5 Å². The van der Waals surface area contributed by atoms with Gasteiger partial charge in [-0.2, -0.15) is 4.31 Å². The second kappa shape index (κ2) is 10.3. The number of amides is 1. The first-order chi connectivity index (χ1) is 16.4. The van der Waals surface area contributed by atoms with Crippen molar-refractivity contribution in [3.05, 3.63) is 72.3 Å². The molecule has 0 saturated carbocycles. The zero-order valence-electron chi connectivity index (χ0n) is 19.3. The Morgan fingerprint density at radius 3 is 2.26 bits per heavy atom. The van der Waals surface area contributed by atoms with Crippen molar-refractivity contribution in [1.82, 2.24) is 4.31 Å². The van der Waals surface area contributed by atoms with E-state index in [9.17, 15) is 13.2 Å². The van der Waals surface area contributed by atoms with Gasteiger partial charge >= 0.3 is 0 Å². The first kappa shape index (κ1) is 23.8. The van der Waals surface area contributed by atoms with Crippen molar-refractivity contribution in [2.24, 2.45) is 0 Å². The van der Waals surface area contributed by atoms with Crippen molar-refractivity contribution >= 4 is 21.6 Å². The van der Waals surface area contributed by atoms with Crippen LogP contribution in [0.5, 0.6) is 11.5 Å². The zero-order chi connectivity index (χ0) is 24.1. The molecular formula is C26H28N2O5S. The highest BCUT2D eigenvalue weighted by molar-refractivity contribution is 7.89.